The molecule has 0 saturated carbocycles. The second kappa shape index (κ2) is 5.08. The SMILES string of the molecule is CC(=O)CC(=O)N(C)c1ccc2c(c1)OCCO2. The molecule has 1 aliphatic rings. The van der Waals surface area contributed by atoms with Gasteiger partial charge in [-0.3, -0.25) is 9.59 Å². The molecule has 0 fully saturated rings. The van der Waals surface area contributed by atoms with E-state index in [1.54, 1.807) is 25.2 Å². The Labute approximate surface area is 105 Å². The Hall–Kier alpha value is -2.04. The molecule has 5 nitrogen and oxygen atoms in total. The van der Waals surface area contributed by atoms with Gasteiger partial charge in [0.1, 0.15) is 19.0 Å². The predicted octanol–water partition coefficient (Wildman–Crippen LogP) is 1.40. The predicted molar refractivity (Wildman–Crippen MR) is 66.1 cm³/mol. The van der Waals surface area contributed by atoms with E-state index in [-0.39, 0.29) is 18.1 Å². The minimum absolute atomic E-state index is 0.0923. The van der Waals surface area contributed by atoms with Crippen LogP contribution in [0.25, 0.3) is 0 Å². The Morgan fingerprint density at radius 2 is 1.89 bits per heavy atom. The molecule has 1 heterocycles. The van der Waals surface area contributed by atoms with Crippen molar-refractivity contribution in [3.05, 3.63) is 18.2 Å². The number of hydrogen-bond acceptors (Lipinski definition) is 4. The number of fused-ring (bicyclic) bond motifs is 1. The molecular weight excluding hydrogens is 234 g/mol. The van der Waals surface area contributed by atoms with E-state index in [1.165, 1.54) is 11.8 Å². The topological polar surface area (TPSA) is 55.8 Å². The molecule has 1 aliphatic heterocycles. The molecule has 2 rings (SSSR count). The second-order valence-electron chi connectivity index (χ2n) is 4.16. The number of Topliss-reactive ketones (excluding diaryl/α,β-unsaturated/α-hetero) is 1. The van der Waals surface area contributed by atoms with Gasteiger partial charge in [0, 0.05) is 18.8 Å². The third-order valence-corrected chi connectivity index (χ3v) is 2.69. The zero-order valence-electron chi connectivity index (χ0n) is 10.4. The molecule has 0 saturated heterocycles. The van der Waals surface area contributed by atoms with Crippen molar-refractivity contribution in [3.8, 4) is 11.5 Å². The number of anilines is 1. The maximum absolute atomic E-state index is 11.8. The number of carbonyl (C=O) groups excluding carboxylic acids is 2. The van der Waals surface area contributed by atoms with E-state index in [0.29, 0.717) is 30.4 Å². The van der Waals surface area contributed by atoms with E-state index < -0.39 is 0 Å². The summed E-state index contributed by atoms with van der Waals surface area (Å²) in [4.78, 5) is 24.1. The average molecular weight is 249 g/mol. The van der Waals surface area contributed by atoms with Crippen LogP contribution < -0.4 is 14.4 Å². The molecule has 0 N–H and O–H groups in total. The molecule has 18 heavy (non-hydrogen) atoms. The molecular formula is C13H15NO4. The summed E-state index contributed by atoms with van der Waals surface area (Å²) >= 11 is 0. The standard InChI is InChI=1S/C13H15NO4/c1-9(15)7-13(16)14(2)10-3-4-11-12(8-10)18-6-5-17-11/h3-4,8H,5-7H2,1-2H3. The zero-order valence-corrected chi connectivity index (χ0v) is 10.4. The first-order valence-electron chi connectivity index (χ1n) is 5.73. The van der Waals surface area contributed by atoms with Gasteiger partial charge in [-0.05, 0) is 19.1 Å². The summed E-state index contributed by atoms with van der Waals surface area (Å²) in [6, 6.07) is 5.28. The molecule has 0 atom stereocenters. The van der Waals surface area contributed by atoms with E-state index >= 15 is 0 Å². The summed E-state index contributed by atoms with van der Waals surface area (Å²) in [5.41, 5.74) is 0.686. The highest BCUT2D eigenvalue weighted by Gasteiger charge is 2.17. The Morgan fingerprint density at radius 3 is 2.56 bits per heavy atom. The quantitative estimate of drug-likeness (QED) is 0.760. The number of benzene rings is 1. The lowest BCUT2D eigenvalue weighted by Crippen LogP contribution is -2.27. The summed E-state index contributed by atoms with van der Waals surface area (Å²) < 4.78 is 10.8. The van der Waals surface area contributed by atoms with Crippen molar-refractivity contribution in [2.24, 2.45) is 0 Å². The summed E-state index contributed by atoms with van der Waals surface area (Å²) in [5.74, 6) is 0.919. The fourth-order valence-electron chi connectivity index (χ4n) is 1.72. The normalized spacial score (nSPS) is 13.0. The Morgan fingerprint density at radius 1 is 1.22 bits per heavy atom. The average Bonchev–Trinajstić information content (AvgIpc) is 2.36. The van der Waals surface area contributed by atoms with E-state index in [2.05, 4.69) is 0 Å². The van der Waals surface area contributed by atoms with Crippen molar-refractivity contribution < 1.29 is 19.1 Å². The molecule has 0 aliphatic carbocycles. The molecule has 1 aromatic carbocycles. The summed E-state index contributed by atoms with van der Waals surface area (Å²) in [7, 11) is 1.64. The van der Waals surface area contributed by atoms with E-state index in [9.17, 15) is 9.59 Å². The van der Waals surface area contributed by atoms with Crippen LogP contribution in [0.2, 0.25) is 0 Å². The Bertz CT molecular complexity index is 484. The molecule has 0 bridgehead atoms. The summed E-state index contributed by atoms with van der Waals surface area (Å²) in [5, 5.41) is 0. The van der Waals surface area contributed by atoms with Crippen LogP contribution in [0.5, 0.6) is 11.5 Å². The van der Waals surface area contributed by atoms with Crippen molar-refractivity contribution in [1.82, 2.24) is 0 Å². The Kier molecular flexibility index (Phi) is 3.50. The van der Waals surface area contributed by atoms with Gasteiger partial charge >= 0.3 is 0 Å². The molecule has 0 unspecified atom stereocenters. The summed E-state index contributed by atoms with van der Waals surface area (Å²) in [6.45, 7) is 2.43. The van der Waals surface area contributed by atoms with Gasteiger partial charge < -0.3 is 14.4 Å². The number of carbonyl (C=O) groups is 2. The fourth-order valence-corrected chi connectivity index (χ4v) is 1.72. The zero-order chi connectivity index (χ0) is 13.1. The van der Waals surface area contributed by atoms with Crippen LogP contribution in [0.3, 0.4) is 0 Å². The Balaban J connectivity index is 2.18. The van der Waals surface area contributed by atoms with Crippen molar-refractivity contribution in [2.75, 3.05) is 25.2 Å². The van der Waals surface area contributed by atoms with Gasteiger partial charge in [0.05, 0.1) is 6.42 Å². The number of hydrogen-bond donors (Lipinski definition) is 0. The number of nitrogens with zero attached hydrogens (tertiary/aromatic N) is 1. The van der Waals surface area contributed by atoms with Gasteiger partial charge in [-0.2, -0.15) is 0 Å². The van der Waals surface area contributed by atoms with Crippen LogP contribution >= 0.6 is 0 Å². The van der Waals surface area contributed by atoms with Gasteiger partial charge in [-0.1, -0.05) is 0 Å². The van der Waals surface area contributed by atoms with Crippen LogP contribution in [0.15, 0.2) is 18.2 Å². The second-order valence-corrected chi connectivity index (χ2v) is 4.16. The van der Waals surface area contributed by atoms with Crippen molar-refractivity contribution >= 4 is 17.4 Å². The largest absolute Gasteiger partial charge is 0.486 e. The van der Waals surface area contributed by atoms with E-state index in [4.69, 9.17) is 9.47 Å². The lowest BCUT2D eigenvalue weighted by atomic mass is 10.2. The molecule has 1 aromatic rings. The molecule has 0 aromatic heterocycles. The molecule has 5 heteroatoms. The number of ether oxygens (including phenoxy) is 2. The molecule has 0 radical (unpaired) electrons. The van der Waals surface area contributed by atoms with Crippen molar-refractivity contribution in [3.63, 3.8) is 0 Å². The smallest absolute Gasteiger partial charge is 0.234 e. The summed E-state index contributed by atoms with van der Waals surface area (Å²) in [6.07, 6.45) is -0.0923. The van der Waals surface area contributed by atoms with Crippen LogP contribution in [-0.2, 0) is 9.59 Å². The third-order valence-electron chi connectivity index (χ3n) is 2.69. The highest BCUT2D eigenvalue weighted by atomic mass is 16.6. The van der Waals surface area contributed by atoms with Crippen LogP contribution in [0.4, 0.5) is 5.69 Å². The van der Waals surface area contributed by atoms with E-state index in [1.807, 2.05) is 0 Å². The maximum Gasteiger partial charge on any atom is 0.234 e. The first-order valence-corrected chi connectivity index (χ1v) is 5.73. The molecule has 96 valence electrons. The highest BCUT2D eigenvalue weighted by molar-refractivity contribution is 6.04. The monoisotopic (exact) mass is 249 g/mol. The molecule has 0 spiro atoms. The van der Waals surface area contributed by atoms with Gasteiger partial charge in [-0.15, -0.1) is 0 Å². The van der Waals surface area contributed by atoms with Gasteiger partial charge in [-0.25, -0.2) is 0 Å². The number of amides is 1. The maximum atomic E-state index is 11.8. The number of ketones is 1. The fraction of sp³-hybridized carbons (Fsp3) is 0.385. The minimum atomic E-state index is -0.237. The third kappa shape index (κ3) is 2.61. The van der Waals surface area contributed by atoms with Crippen LogP contribution in [0, 0.1) is 0 Å². The van der Waals surface area contributed by atoms with Gasteiger partial charge in [0.2, 0.25) is 5.91 Å². The van der Waals surface area contributed by atoms with Gasteiger partial charge in [0.25, 0.3) is 0 Å². The van der Waals surface area contributed by atoms with Crippen molar-refractivity contribution in [2.45, 2.75) is 13.3 Å². The molecule has 1 amide bonds. The lowest BCUT2D eigenvalue weighted by Gasteiger charge is -2.22. The first-order chi connectivity index (χ1) is 8.58. The van der Waals surface area contributed by atoms with Gasteiger partial charge in [0.15, 0.2) is 11.5 Å². The highest BCUT2D eigenvalue weighted by Crippen LogP contribution is 2.33. The lowest BCUT2D eigenvalue weighted by molar-refractivity contribution is -0.125. The van der Waals surface area contributed by atoms with Crippen LogP contribution in [-0.4, -0.2) is 32.0 Å². The van der Waals surface area contributed by atoms with E-state index in [0.717, 1.165) is 0 Å². The first kappa shape index (κ1) is 12.4. The van der Waals surface area contributed by atoms with Crippen LogP contribution in [0.1, 0.15) is 13.3 Å². The minimum Gasteiger partial charge on any atom is -0.486 e. The van der Waals surface area contributed by atoms with Crippen molar-refractivity contribution in [1.29, 1.82) is 0 Å². The number of rotatable bonds is 3.